The number of anilines is 2. The van der Waals surface area contributed by atoms with E-state index in [4.69, 9.17) is 4.74 Å². The van der Waals surface area contributed by atoms with Gasteiger partial charge in [-0.3, -0.25) is 0 Å². The maximum Gasteiger partial charge on any atom is 0.188 e. The molecule has 0 amide bonds. The molecule has 2 rings (SSSR count). The molecule has 3 nitrogen and oxygen atoms in total. The van der Waals surface area contributed by atoms with Crippen molar-refractivity contribution in [2.75, 3.05) is 11.9 Å². The van der Waals surface area contributed by atoms with Crippen LogP contribution in [0.4, 0.5) is 10.8 Å². The van der Waals surface area contributed by atoms with Gasteiger partial charge in [-0.2, -0.15) is 0 Å². The maximum atomic E-state index is 5.52. The van der Waals surface area contributed by atoms with Gasteiger partial charge in [-0.15, -0.1) is 11.3 Å². The number of aromatic nitrogens is 1. The fourth-order valence-electron chi connectivity index (χ4n) is 1.28. The van der Waals surface area contributed by atoms with Gasteiger partial charge in [0.05, 0.1) is 12.3 Å². The van der Waals surface area contributed by atoms with E-state index in [9.17, 15) is 0 Å². The average molecular weight is 299 g/mol. The van der Waals surface area contributed by atoms with Gasteiger partial charge in [0.1, 0.15) is 10.4 Å². The average Bonchev–Trinajstić information content (AvgIpc) is 2.67. The van der Waals surface area contributed by atoms with E-state index < -0.39 is 0 Å². The molecule has 2 aromatic rings. The summed E-state index contributed by atoms with van der Waals surface area (Å²) in [6, 6.07) is 7.83. The molecule has 0 spiro atoms. The summed E-state index contributed by atoms with van der Waals surface area (Å²) in [6.45, 7) is 2.62. The van der Waals surface area contributed by atoms with Crippen molar-refractivity contribution < 1.29 is 4.74 Å². The predicted octanol–water partition coefficient (Wildman–Crippen LogP) is 4.05. The molecule has 1 heterocycles. The van der Waals surface area contributed by atoms with Crippen LogP contribution in [0.5, 0.6) is 5.75 Å². The molecule has 0 unspecified atom stereocenters. The highest BCUT2D eigenvalue weighted by atomic mass is 79.9. The standard InChI is InChI=1S/C11H11BrN2OS/c1-2-15-9-6-4-3-5-8(9)13-11-14-10(12)7-16-11/h3-7H,2H2,1H3,(H,13,14). The summed E-state index contributed by atoms with van der Waals surface area (Å²) < 4.78 is 6.36. The van der Waals surface area contributed by atoms with E-state index in [0.717, 1.165) is 21.2 Å². The Morgan fingerprint density at radius 2 is 2.25 bits per heavy atom. The molecule has 84 valence electrons. The molecule has 1 N–H and O–H groups in total. The molecule has 0 saturated carbocycles. The van der Waals surface area contributed by atoms with Crippen LogP contribution in [0, 0.1) is 0 Å². The van der Waals surface area contributed by atoms with Crippen LogP contribution >= 0.6 is 27.3 Å². The largest absolute Gasteiger partial charge is 0.492 e. The van der Waals surface area contributed by atoms with Crippen LogP contribution in [0.15, 0.2) is 34.2 Å². The van der Waals surface area contributed by atoms with Crippen molar-refractivity contribution in [1.29, 1.82) is 0 Å². The number of hydrogen-bond acceptors (Lipinski definition) is 4. The van der Waals surface area contributed by atoms with E-state index in [1.54, 1.807) is 11.3 Å². The quantitative estimate of drug-likeness (QED) is 0.925. The highest BCUT2D eigenvalue weighted by molar-refractivity contribution is 9.10. The van der Waals surface area contributed by atoms with Gasteiger partial charge in [-0.05, 0) is 35.0 Å². The second-order valence-corrected chi connectivity index (χ2v) is 4.70. The van der Waals surface area contributed by atoms with Gasteiger partial charge in [0.2, 0.25) is 0 Å². The minimum atomic E-state index is 0.653. The smallest absolute Gasteiger partial charge is 0.188 e. The van der Waals surface area contributed by atoms with E-state index in [2.05, 4.69) is 26.2 Å². The maximum absolute atomic E-state index is 5.52. The van der Waals surface area contributed by atoms with E-state index in [0.29, 0.717) is 6.61 Å². The predicted molar refractivity (Wildman–Crippen MR) is 70.7 cm³/mol. The SMILES string of the molecule is CCOc1ccccc1Nc1nc(Br)cs1. The van der Waals surface area contributed by atoms with Crippen molar-refractivity contribution in [1.82, 2.24) is 4.98 Å². The molecule has 1 aromatic heterocycles. The Morgan fingerprint density at radius 3 is 2.94 bits per heavy atom. The van der Waals surface area contributed by atoms with Gasteiger partial charge >= 0.3 is 0 Å². The summed E-state index contributed by atoms with van der Waals surface area (Å²) in [7, 11) is 0. The van der Waals surface area contributed by atoms with Crippen molar-refractivity contribution in [2.45, 2.75) is 6.92 Å². The number of halogens is 1. The number of rotatable bonds is 4. The number of ether oxygens (including phenoxy) is 1. The number of nitrogens with one attached hydrogen (secondary N) is 1. The molecule has 0 bridgehead atoms. The van der Waals surface area contributed by atoms with Crippen LogP contribution < -0.4 is 10.1 Å². The Morgan fingerprint density at radius 1 is 1.44 bits per heavy atom. The minimum absolute atomic E-state index is 0.653. The van der Waals surface area contributed by atoms with Crippen LogP contribution in [0.3, 0.4) is 0 Å². The Balaban J connectivity index is 2.20. The Labute approximate surface area is 107 Å². The minimum Gasteiger partial charge on any atom is -0.492 e. The lowest BCUT2D eigenvalue weighted by Crippen LogP contribution is -1.97. The van der Waals surface area contributed by atoms with Crippen LogP contribution in [0.2, 0.25) is 0 Å². The summed E-state index contributed by atoms with van der Waals surface area (Å²) >= 11 is 4.87. The van der Waals surface area contributed by atoms with Crippen molar-refractivity contribution in [3.05, 3.63) is 34.2 Å². The van der Waals surface area contributed by atoms with Gasteiger partial charge < -0.3 is 10.1 Å². The van der Waals surface area contributed by atoms with Crippen molar-refractivity contribution >= 4 is 38.1 Å². The summed E-state index contributed by atoms with van der Waals surface area (Å²) in [5.74, 6) is 0.844. The molecule has 16 heavy (non-hydrogen) atoms. The monoisotopic (exact) mass is 298 g/mol. The molecule has 0 aliphatic heterocycles. The van der Waals surface area contributed by atoms with Crippen LogP contribution in [-0.4, -0.2) is 11.6 Å². The first-order valence-corrected chi connectivity index (χ1v) is 6.56. The summed E-state index contributed by atoms with van der Waals surface area (Å²) in [6.07, 6.45) is 0. The van der Waals surface area contributed by atoms with Crippen molar-refractivity contribution in [3.8, 4) is 5.75 Å². The molecule has 0 fully saturated rings. The summed E-state index contributed by atoms with van der Waals surface area (Å²) in [5, 5.41) is 6.01. The lowest BCUT2D eigenvalue weighted by Gasteiger charge is -2.09. The summed E-state index contributed by atoms with van der Waals surface area (Å²) in [5.41, 5.74) is 0.936. The number of hydrogen-bond donors (Lipinski definition) is 1. The first kappa shape index (κ1) is 11.4. The molecule has 0 radical (unpaired) electrons. The highest BCUT2D eigenvalue weighted by Crippen LogP contribution is 2.29. The van der Waals surface area contributed by atoms with Crippen molar-refractivity contribution in [2.24, 2.45) is 0 Å². The first-order valence-electron chi connectivity index (χ1n) is 4.89. The third kappa shape index (κ3) is 2.74. The second-order valence-electron chi connectivity index (χ2n) is 3.03. The molecule has 0 aliphatic rings. The molecule has 0 saturated heterocycles. The van der Waals surface area contributed by atoms with Gasteiger partial charge in [0.25, 0.3) is 0 Å². The Hall–Kier alpha value is -1.07. The van der Waals surface area contributed by atoms with Gasteiger partial charge in [-0.1, -0.05) is 12.1 Å². The fourth-order valence-corrected chi connectivity index (χ4v) is 2.43. The molecule has 5 heteroatoms. The Bertz CT molecular complexity index is 473. The third-order valence-corrected chi connectivity index (χ3v) is 3.37. The summed E-state index contributed by atoms with van der Waals surface area (Å²) in [4.78, 5) is 4.28. The Kier molecular flexibility index (Phi) is 3.79. The topological polar surface area (TPSA) is 34.1 Å². The first-order chi connectivity index (χ1) is 7.79. The van der Waals surface area contributed by atoms with E-state index in [1.165, 1.54) is 0 Å². The van der Waals surface area contributed by atoms with Crippen LogP contribution in [0.25, 0.3) is 0 Å². The zero-order valence-electron chi connectivity index (χ0n) is 8.74. The van der Waals surface area contributed by atoms with Gasteiger partial charge in [0, 0.05) is 5.38 Å². The van der Waals surface area contributed by atoms with E-state index >= 15 is 0 Å². The van der Waals surface area contributed by atoms with E-state index in [-0.39, 0.29) is 0 Å². The second kappa shape index (κ2) is 5.32. The fraction of sp³-hybridized carbons (Fsp3) is 0.182. The molecule has 1 aromatic carbocycles. The highest BCUT2D eigenvalue weighted by Gasteiger charge is 2.04. The molecule has 0 atom stereocenters. The lowest BCUT2D eigenvalue weighted by molar-refractivity contribution is 0.342. The molecule has 0 aliphatic carbocycles. The lowest BCUT2D eigenvalue weighted by atomic mass is 10.3. The van der Waals surface area contributed by atoms with Gasteiger partial charge in [0.15, 0.2) is 5.13 Å². The normalized spacial score (nSPS) is 10.1. The number of nitrogens with zero attached hydrogens (tertiary/aromatic N) is 1. The van der Waals surface area contributed by atoms with E-state index in [1.807, 2.05) is 36.6 Å². The molecular weight excluding hydrogens is 288 g/mol. The van der Waals surface area contributed by atoms with Crippen molar-refractivity contribution in [3.63, 3.8) is 0 Å². The number of benzene rings is 1. The zero-order valence-corrected chi connectivity index (χ0v) is 11.1. The molecular formula is C11H11BrN2OS. The third-order valence-electron chi connectivity index (χ3n) is 1.90. The number of thiazole rings is 1. The van der Waals surface area contributed by atoms with Crippen LogP contribution in [0.1, 0.15) is 6.92 Å². The number of para-hydroxylation sites is 2. The zero-order chi connectivity index (χ0) is 11.4. The van der Waals surface area contributed by atoms with Crippen LogP contribution in [-0.2, 0) is 0 Å². The van der Waals surface area contributed by atoms with Gasteiger partial charge in [-0.25, -0.2) is 4.98 Å².